The summed E-state index contributed by atoms with van der Waals surface area (Å²) >= 11 is 0. The van der Waals surface area contributed by atoms with Crippen molar-refractivity contribution in [2.45, 2.75) is 39.1 Å². The van der Waals surface area contributed by atoms with Gasteiger partial charge in [-0.1, -0.05) is 19.1 Å². The molecule has 0 aliphatic heterocycles. The Hall–Kier alpha value is -2.97. The highest BCUT2D eigenvalue weighted by atomic mass is 19.4. The zero-order chi connectivity index (χ0) is 20.0. The van der Waals surface area contributed by atoms with Gasteiger partial charge in [0.2, 0.25) is 0 Å². The summed E-state index contributed by atoms with van der Waals surface area (Å²) in [4.78, 5) is 31.8. The minimum Gasteiger partial charge on any atom is -0.406 e. The summed E-state index contributed by atoms with van der Waals surface area (Å²) in [6, 6.07) is 6.14. The van der Waals surface area contributed by atoms with Gasteiger partial charge in [-0.25, -0.2) is 9.97 Å². The van der Waals surface area contributed by atoms with Gasteiger partial charge in [0, 0.05) is 12.6 Å². The monoisotopic (exact) mass is 381 g/mol. The van der Waals surface area contributed by atoms with E-state index in [-0.39, 0.29) is 29.5 Å². The summed E-state index contributed by atoms with van der Waals surface area (Å²) < 4.78 is 40.9. The molecule has 1 aromatic heterocycles. The largest absolute Gasteiger partial charge is 0.573 e. The van der Waals surface area contributed by atoms with E-state index in [4.69, 9.17) is 0 Å². The number of hydrogen-bond acceptors (Lipinski definition) is 5. The molecule has 6 nitrogen and oxygen atoms in total. The van der Waals surface area contributed by atoms with Crippen LogP contribution < -0.4 is 10.1 Å². The number of Topliss-reactive ketones (excluding diaryl/α,β-unsaturated/α-hetero) is 1. The zero-order valence-electron chi connectivity index (χ0n) is 14.7. The van der Waals surface area contributed by atoms with Crippen LogP contribution in [0.3, 0.4) is 0 Å². The topological polar surface area (TPSA) is 81.2 Å². The van der Waals surface area contributed by atoms with Crippen molar-refractivity contribution in [3.05, 3.63) is 53.6 Å². The van der Waals surface area contributed by atoms with E-state index in [0.29, 0.717) is 12.0 Å². The zero-order valence-corrected chi connectivity index (χ0v) is 14.7. The maximum Gasteiger partial charge on any atom is 0.573 e. The highest BCUT2D eigenvalue weighted by molar-refractivity contribution is 5.92. The van der Waals surface area contributed by atoms with Gasteiger partial charge in [0.05, 0.1) is 12.5 Å². The smallest absolute Gasteiger partial charge is 0.406 e. The molecular weight excluding hydrogens is 363 g/mol. The first-order chi connectivity index (χ1) is 12.7. The Morgan fingerprint density at radius 3 is 2.67 bits per heavy atom. The summed E-state index contributed by atoms with van der Waals surface area (Å²) in [7, 11) is 0. The van der Waals surface area contributed by atoms with E-state index in [2.05, 4.69) is 20.0 Å². The predicted octanol–water partition coefficient (Wildman–Crippen LogP) is 3.39. The average molecular weight is 381 g/mol. The molecule has 0 saturated carbocycles. The Morgan fingerprint density at radius 1 is 1.26 bits per heavy atom. The molecule has 1 heterocycles. The minimum absolute atomic E-state index is 0.0317. The fourth-order valence-corrected chi connectivity index (χ4v) is 2.25. The van der Waals surface area contributed by atoms with E-state index in [0.717, 1.165) is 0 Å². The van der Waals surface area contributed by atoms with Crippen LogP contribution in [0.1, 0.15) is 48.2 Å². The normalized spacial score (nSPS) is 12.3. The van der Waals surface area contributed by atoms with Crippen LogP contribution in [0.5, 0.6) is 5.75 Å². The van der Waals surface area contributed by atoms with Crippen molar-refractivity contribution in [2.24, 2.45) is 0 Å². The number of alkyl halides is 3. The lowest BCUT2D eigenvalue weighted by molar-refractivity contribution is -0.274. The molecule has 0 fully saturated rings. The first-order valence-corrected chi connectivity index (χ1v) is 8.18. The number of rotatable bonds is 7. The van der Waals surface area contributed by atoms with Crippen LogP contribution in [0, 0.1) is 0 Å². The number of ether oxygens (including phenoxy) is 1. The molecule has 0 spiro atoms. The SMILES string of the molecule is CCC(=O)Cc1nccc(C(=O)NC(C)c2cccc(OC(F)(F)F)c2)n1. The third-order valence-electron chi connectivity index (χ3n) is 3.63. The van der Waals surface area contributed by atoms with E-state index in [1.165, 1.54) is 30.5 Å². The molecule has 1 aromatic carbocycles. The van der Waals surface area contributed by atoms with Crippen molar-refractivity contribution < 1.29 is 27.5 Å². The summed E-state index contributed by atoms with van der Waals surface area (Å²) in [6.45, 7) is 3.34. The Balaban J connectivity index is 2.08. The maximum absolute atomic E-state index is 12.4. The van der Waals surface area contributed by atoms with Gasteiger partial charge in [-0.15, -0.1) is 13.2 Å². The Bertz CT molecular complexity index is 825. The number of benzene rings is 1. The van der Waals surface area contributed by atoms with Gasteiger partial charge in [-0.3, -0.25) is 9.59 Å². The van der Waals surface area contributed by atoms with Crippen molar-refractivity contribution in [1.82, 2.24) is 15.3 Å². The molecule has 1 amide bonds. The molecule has 9 heteroatoms. The van der Waals surface area contributed by atoms with E-state index >= 15 is 0 Å². The van der Waals surface area contributed by atoms with Crippen molar-refractivity contribution in [3.8, 4) is 5.75 Å². The number of nitrogens with zero attached hydrogens (tertiary/aromatic N) is 2. The molecule has 0 bridgehead atoms. The summed E-state index contributed by atoms with van der Waals surface area (Å²) in [5.74, 6) is -0.717. The van der Waals surface area contributed by atoms with Crippen LogP contribution in [-0.2, 0) is 11.2 Å². The lowest BCUT2D eigenvalue weighted by Crippen LogP contribution is -2.28. The standard InChI is InChI=1S/C18H18F3N3O3/c1-3-13(25)10-16-22-8-7-15(24-16)17(26)23-11(2)12-5-4-6-14(9-12)27-18(19,20)21/h4-9,11H,3,10H2,1-2H3,(H,23,26). The second-order valence-electron chi connectivity index (χ2n) is 5.74. The Morgan fingerprint density at radius 2 is 2.00 bits per heavy atom. The van der Waals surface area contributed by atoms with Crippen LogP contribution in [0.2, 0.25) is 0 Å². The summed E-state index contributed by atoms with van der Waals surface area (Å²) in [5.41, 5.74) is 0.499. The molecular formula is C18H18F3N3O3. The maximum atomic E-state index is 12.4. The van der Waals surface area contributed by atoms with Crippen molar-refractivity contribution >= 4 is 11.7 Å². The van der Waals surface area contributed by atoms with Crippen molar-refractivity contribution in [1.29, 1.82) is 0 Å². The number of carbonyl (C=O) groups excluding carboxylic acids is 2. The fourth-order valence-electron chi connectivity index (χ4n) is 2.25. The summed E-state index contributed by atoms with van der Waals surface area (Å²) in [6.07, 6.45) is -3.04. The molecule has 2 aromatic rings. The quantitative estimate of drug-likeness (QED) is 0.795. The third-order valence-corrected chi connectivity index (χ3v) is 3.63. The molecule has 1 N–H and O–H groups in total. The van der Waals surface area contributed by atoms with E-state index < -0.39 is 18.3 Å². The van der Waals surface area contributed by atoms with Crippen LogP contribution >= 0.6 is 0 Å². The second-order valence-corrected chi connectivity index (χ2v) is 5.74. The fraction of sp³-hybridized carbons (Fsp3) is 0.333. The first kappa shape index (κ1) is 20.3. The highest BCUT2D eigenvalue weighted by Crippen LogP contribution is 2.25. The Kier molecular flexibility index (Phi) is 6.49. The number of ketones is 1. The van der Waals surface area contributed by atoms with Gasteiger partial charge in [0.25, 0.3) is 5.91 Å². The van der Waals surface area contributed by atoms with Gasteiger partial charge in [0.15, 0.2) is 0 Å². The molecule has 0 aliphatic carbocycles. The third kappa shape index (κ3) is 6.36. The minimum atomic E-state index is -4.79. The lowest BCUT2D eigenvalue weighted by atomic mass is 10.1. The number of carbonyl (C=O) groups is 2. The van der Waals surface area contributed by atoms with Crippen LogP contribution in [0.25, 0.3) is 0 Å². The van der Waals surface area contributed by atoms with Gasteiger partial charge < -0.3 is 10.1 Å². The lowest BCUT2D eigenvalue weighted by Gasteiger charge is -2.16. The number of amides is 1. The molecule has 1 atom stereocenters. The van der Waals surface area contributed by atoms with Crippen LogP contribution in [-0.4, -0.2) is 28.0 Å². The van der Waals surface area contributed by atoms with Gasteiger partial charge in [-0.05, 0) is 30.7 Å². The van der Waals surface area contributed by atoms with Crippen LogP contribution in [0.15, 0.2) is 36.5 Å². The number of hydrogen-bond donors (Lipinski definition) is 1. The average Bonchev–Trinajstić information content (AvgIpc) is 2.60. The van der Waals surface area contributed by atoms with E-state index in [9.17, 15) is 22.8 Å². The van der Waals surface area contributed by atoms with Gasteiger partial charge >= 0.3 is 6.36 Å². The number of nitrogens with one attached hydrogen (secondary N) is 1. The molecule has 0 aliphatic rings. The van der Waals surface area contributed by atoms with Crippen molar-refractivity contribution in [3.63, 3.8) is 0 Å². The van der Waals surface area contributed by atoms with E-state index in [1.54, 1.807) is 19.9 Å². The Labute approximate surface area is 153 Å². The predicted molar refractivity (Wildman–Crippen MR) is 90.0 cm³/mol. The molecule has 27 heavy (non-hydrogen) atoms. The van der Waals surface area contributed by atoms with Gasteiger partial charge in [0.1, 0.15) is 23.1 Å². The first-order valence-electron chi connectivity index (χ1n) is 8.18. The molecule has 1 unspecified atom stereocenters. The number of aromatic nitrogens is 2. The molecule has 0 radical (unpaired) electrons. The van der Waals surface area contributed by atoms with Gasteiger partial charge in [-0.2, -0.15) is 0 Å². The summed E-state index contributed by atoms with van der Waals surface area (Å²) in [5, 5.41) is 2.65. The molecule has 144 valence electrons. The second kappa shape index (κ2) is 8.61. The number of halogens is 3. The molecule has 2 rings (SSSR count). The van der Waals surface area contributed by atoms with E-state index in [1.807, 2.05) is 0 Å². The highest BCUT2D eigenvalue weighted by Gasteiger charge is 2.31. The van der Waals surface area contributed by atoms with Crippen LogP contribution in [0.4, 0.5) is 13.2 Å². The molecule has 0 saturated heterocycles. The van der Waals surface area contributed by atoms with Crippen molar-refractivity contribution in [2.75, 3.05) is 0 Å².